The molecule has 0 aromatic carbocycles. The minimum absolute atomic E-state index is 0.169. The van der Waals surface area contributed by atoms with Crippen molar-refractivity contribution >= 4 is 29.3 Å². The molecule has 0 aromatic heterocycles. The summed E-state index contributed by atoms with van der Waals surface area (Å²) >= 11 is 11.2. The van der Waals surface area contributed by atoms with Gasteiger partial charge < -0.3 is 0 Å². The van der Waals surface area contributed by atoms with Crippen molar-refractivity contribution in [2.45, 2.75) is 10.8 Å². The van der Waals surface area contributed by atoms with E-state index in [9.17, 15) is 4.79 Å². The molecule has 0 radical (unpaired) electrons. The zero-order valence-electron chi connectivity index (χ0n) is 4.60. The molecule has 1 aliphatic rings. The third-order valence-corrected chi connectivity index (χ3v) is 2.26. The van der Waals surface area contributed by atoms with Gasteiger partial charge in [-0.2, -0.15) is 0 Å². The van der Waals surface area contributed by atoms with Gasteiger partial charge in [0.2, 0.25) is 6.08 Å². The summed E-state index contributed by atoms with van der Waals surface area (Å²) in [5.41, 5.74) is 0. The Morgan fingerprint density at radius 2 is 2.33 bits per heavy atom. The van der Waals surface area contributed by atoms with Gasteiger partial charge in [0.05, 0.1) is 6.54 Å². The predicted octanol–water partition coefficient (Wildman–Crippen LogP) is 1.52. The number of rotatable bonds is 2. The lowest BCUT2D eigenvalue weighted by atomic mass is 10.4. The summed E-state index contributed by atoms with van der Waals surface area (Å²) < 4.78 is -0.611. The third kappa shape index (κ3) is 1.68. The summed E-state index contributed by atoms with van der Waals surface area (Å²) in [6, 6.07) is 0. The number of hydrogen-bond donors (Lipinski definition) is 0. The molecular formula is C5H5Cl2NO. The Morgan fingerprint density at radius 1 is 1.78 bits per heavy atom. The number of alkyl halides is 2. The molecule has 0 spiro atoms. The molecule has 1 fully saturated rings. The van der Waals surface area contributed by atoms with E-state index < -0.39 is 4.33 Å². The Bertz CT molecular complexity index is 162. The first kappa shape index (κ1) is 7.07. The van der Waals surface area contributed by atoms with E-state index in [-0.39, 0.29) is 5.92 Å². The lowest BCUT2D eigenvalue weighted by molar-refractivity contribution is 0.562. The molecule has 4 heteroatoms. The van der Waals surface area contributed by atoms with Crippen molar-refractivity contribution < 1.29 is 4.79 Å². The van der Waals surface area contributed by atoms with Gasteiger partial charge in [-0.15, -0.1) is 23.2 Å². The van der Waals surface area contributed by atoms with Crippen LogP contribution in [0.3, 0.4) is 0 Å². The molecule has 0 amide bonds. The lowest BCUT2D eigenvalue weighted by Crippen LogP contribution is -1.92. The molecule has 1 atom stereocenters. The van der Waals surface area contributed by atoms with Gasteiger partial charge in [0.1, 0.15) is 4.33 Å². The van der Waals surface area contributed by atoms with Crippen molar-refractivity contribution in [3.63, 3.8) is 0 Å². The maximum atomic E-state index is 9.57. The van der Waals surface area contributed by atoms with Crippen LogP contribution in [0.1, 0.15) is 6.42 Å². The fraction of sp³-hybridized carbons (Fsp3) is 0.800. The first-order chi connectivity index (χ1) is 4.17. The summed E-state index contributed by atoms with van der Waals surface area (Å²) in [6.07, 6.45) is 2.17. The van der Waals surface area contributed by atoms with Gasteiger partial charge in [0.25, 0.3) is 0 Å². The molecule has 0 aliphatic heterocycles. The number of halogens is 2. The van der Waals surface area contributed by atoms with Crippen LogP contribution in [-0.2, 0) is 4.79 Å². The van der Waals surface area contributed by atoms with Crippen LogP contribution in [0.5, 0.6) is 0 Å². The summed E-state index contributed by atoms with van der Waals surface area (Å²) in [4.78, 5) is 12.9. The van der Waals surface area contributed by atoms with Crippen molar-refractivity contribution in [1.82, 2.24) is 0 Å². The molecule has 1 rings (SSSR count). The Morgan fingerprint density at radius 3 is 2.67 bits per heavy atom. The van der Waals surface area contributed by atoms with Crippen LogP contribution in [-0.4, -0.2) is 17.0 Å². The molecule has 0 N–H and O–H groups in total. The zero-order valence-corrected chi connectivity index (χ0v) is 6.11. The van der Waals surface area contributed by atoms with Crippen molar-refractivity contribution in [3.8, 4) is 0 Å². The van der Waals surface area contributed by atoms with Gasteiger partial charge in [-0.05, 0) is 6.42 Å². The summed E-state index contributed by atoms with van der Waals surface area (Å²) in [7, 11) is 0. The maximum absolute atomic E-state index is 9.57. The lowest BCUT2D eigenvalue weighted by Gasteiger charge is -1.90. The highest BCUT2D eigenvalue weighted by Crippen LogP contribution is 2.53. The smallest absolute Gasteiger partial charge is 0.211 e. The van der Waals surface area contributed by atoms with Gasteiger partial charge in [0, 0.05) is 5.92 Å². The number of isocyanates is 1. The van der Waals surface area contributed by atoms with Crippen LogP contribution >= 0.6 is 23.2 Å². The summed E-state index contributed by atoms with van der Waals surface area (Å²) in [5, 5.41) is 0. The van der Waals surface area contributed by atoms with Crippen molar-refractivity contribution in [2.75, 3.05) is 6.54 Å². The topological polar surface area (TPSA) is 29.4 Å². The minimum atomic E-state index is -0.611. The standard InChI is InChI=1S/C5H5Cl2NO/c6-5(7)1-4(5)2-8-3-9/h4H,1-2H2. The number of hydrogen-bond acceptors (Lipinski definition) is 2. The van der Waals surface area contributed by atoms with E-state index in [0.717, 1.165) is 6.42 Å². The first-order valence-electron chi connectivity index (χ1n) is 2.58. The molecule has 0 bridgehead atoms. The second kappa shape index (κ2) is 2.30. The third-order valence-electron chi connectivity index (χ3n) is 1.33. The van der Waals surface area contributed by atoms with Gasteiger partial charge in [-0.1, -0.05) is 0 Å². The normalized spacial score (nSPS) is 28.9. The first-order valence-corrected chi connectivity index (χ1v) is 3.34. The van der Waals surface area contributed by atoms with Crippen molar-refractivity contribution in [1.29, 1.82) is 0 Å². The Kier molecular flexibility index (Phi) is 1.80. The number of nitrogens with zero attached hydrogens (tertiary/aromatic N) is 1. The molecule has 0 aromatic rings. The average Bonchev–Trinajstić information content (AvgIpc) is 2.35. The quantitative estimate of drug-likeness (QED) is 0.347. The summed E-state index contributed by atoms with van der Waals surface area (Å²) in [5.74, 6) is 0.169. The fourth-order valence-electron chi connectivity index (χ4n) is 0.615. The Labute approximate surface area is 62.9 Å². The van der Waals surface area contributed by atoms with Gasteiger partial charge >= 0.3 is 0 Å². The van der Waals surface area contributed by atoms with Crippen LogP contribution in [0.25, 0.3) is 0 Å². The van der Waals surface area contributed by atoms with E-state index >= 15 is 0 Å². The Hall–Kier alpha value is -0.0400. The molecule has 1 saturated carbocycles. The van der Waals surface area contributed by atoms with Crippen LogP contribution in [0, 0.1) is 5.92 Å². The van der Waals surface area contributed by atoms with Crippen LogP contribution < -0.4 is 0 Å². The molecule has 1 unspecified atom stereocenters. The highest BCUT2D eigenvalue weighted by Gasteiger charge is 2.51. The van der Waals surface area contributed by atoms with Crippen LogP contribution in [0.15, 0.2) is 4.99 Å². The highest BCUT2D eigenvalue weighted by molar-refractivity contribution is 6.50. The van der Waals surface area contributed by atoms with Gasteiger partial charge in [-0.3, -0.25) is 0 Å². The predicted molar refractivity (Wildman–Crippen MR) is 35.5 cm³/mol. The van der Waals surface area contributed by atoms with E-state index in [2.05, 4.69) is 4.99 Å². The number of carbonyl (C=O) groups excluding carboxylic acids is 1. The molecule has 2 nitrogen and oxygen atoms in total. The van der Waals surface area contributed by atoms with Crippen molar-refractivity contribution in [3.05, 3.63) is 0 Å². The SMILES string of the molecule is O=C=NCC1CC1(Cl)Cl. The largest absolute Gasteiger partial charge is 0.234 e. The Balaban J connectivity index is 2.27. The molecule has 0 heterocycles. The highest BCUT2D eigenvalue weighted by atomic mass is 35.5. The monoisotopic (exact) mass is 165 g/mol. The molecule has 1 aliphatic carbocycles. The number of aliphatic imine (C=N–C) groups is 1. The molecule has 9 heavy (non-hydrogen) atoms. The molecule has 50 valence electrons. The second-order valence-corrected chi connectivity index (χ2v) is 3.64. The van der Waals surface area contributed by atoms with Crippen LogP contribution in [0.4, 0.5) is 0 Å². The van der Waals surface area contributed by atoms with Crippen LogP contribution in [0.2, 0.25) is 0 Å². The van der Waals surface area contributed by atoms with E-state index in [1.54, 1.807) is 0 Å². The fourth-order valence-corrected chi connectivity index (χ4v) is 1.13. The summed E-state index contributed by atoms with van der Waals surface area (Å²) in [6.45, 7) is 0.413. The zero-order chi connectivity index (χ0) is 6.91. The van der Waals surface area contributed by atoms with E-state index in [4.69, 9.17) is 23.2 Å². The van der Waals surface area contributed by atoms with Crippen molar-refractivity contribution in [2.24, 2.45) is 10.9 Å². The minimum Gasteiger partial charge on any atom is -0.211 e. The van der Waals surface area contributed by atoms with E-state index in [0.29, 0.717) is 6.54 Å². The maximum Gasteiger partial charge on any atom is 0.234 e. The second-order valence-electron chi connectivity index (χ2n) is 2.09. The van der Waals surface area contributed by atoms with E-state index in [1.165, 1.54) is 6.08 Å². The van der Waals surface area contributed by atoms with Gasteiger partial charge in [-0.25, -0.2) is 9.79 Å². The molecular weight excluding hydrogens is 161 g/mol. The molecule has 0 saturated heterocycles. The van der Waals surface area contributed by atoms with E-state index in [1.807, 2.05) is 0 Å². The van der Waals surface area contributed by atoms with Gasteiger partial charge in [0.15, 0.2) is 0 Å². The average molecular weight is 166 g/mol.